The Labute approximate surface area is 153 Å². The zero-order valence-corrected chi connectivity index (χ0v) is 15.5. The van der Waals surface area contributed by atoms with Gasteiger partial charge in [0.1, 0.15) is 10.6 Å². The highest BCUT2D eigenvalue weighted by Crippen LogP contribution is 2.37. The Kier molecular flexibility index (Phi) is 5.36. The van der Waals surface area contributed by atoms with E-state index in [1.807, 2.05) is 24.3 Å². The van der Waals surface area contributed by atoms with Gasteiger partial charge in [0.05, 0.1) is 0 Å². The van der Waals surface area contributed by atoms with Gasteiger partial charge in [-0.2, -0.15) is 0 Å². The number of amides is 1. The van der Waals surface area contributed by atoms with Gasteiger partial charge in [0.15, 0.2) is 0 Å². The zero-order valence-electron chi connectivity index (χ0n) is 13.0. The first kappa shape index (κ1) is 17.2. The molecular weight excluding hydrogens is 390 g/mol. The molecule has 0 atom stereocenters. The molecule has 1 aromatic carbocycles. The molecule has 0 spiro atoms. The van der Waals surface area contributed by atoms with Gasteiger partial charge < -0.3 is 10.4 Å². The summed E-state index contributed by atoms with van der Waals surface area (Å²) in [6.45, 7) is 0. The fourth-order valence-electron chi connectivity index (χ4n) is 3.08. The van der Waals surface area contributed by atoms with Crippen LogP contribution in [-0.4, -0.2) is 17.0 Å². The summed E-state index contributed by atoms with van der Waals surface area (Å²) < 4.78 is 0.934. The fourth-order valence-corrected chi connectivity index (χ4v) is 4.31. The average Bonchev–Trinajstić information content (AvgIpc) is 3.00. The smallest absolute Gasteiger partial charge is 0.339 e. The van der Waals surface area contributed by atoms with Crippen LogP contribution in [0.2, 0.25) is 0 Å². The number of benzene rings is 1. The van der Waals surface area contributed by atoms with Crippen LogP contribution < -0.4 is 5.32 Å². The van der Waals surface area contributed by atoms with Crippen LogP contribution in [0.4, 0.5) is 5.00 Å². The second-order valence-electron chi connectivity index (χ2n) is 5.99. The van der Waals surface area contributed by atoms with E-state index in [0.29, 0.717) is 10.6 Å². The summed E-state index contributed by atoms with van der Waals surface area (Å²) in [7, 11) is 0. The number of halogens is 1. The maximum atomic E-state index is 12.4. The van der Waals surface area contributed by atoms with Crippen LogP contribution in [-0.2, 0) is 4.79 Å². The largest absolute Gasteiger partial charge is 0.478 e. The van der Waals surface area contributed by atoms with E-state index in [9.17, 15) is 14.7 Å². The molecule has 24 heavy (non-hydrogen) atoms. The summed E-state index contributed by atoms with van der Waals surface area (Å²) in [5.74, 6) is -1.08. The van der Waals surface area contributed by atoms with Crippen LogP contribution in [0.25, 0.3) is 11.1 Å². The Balaban J connectivity index is 1.87. The minimum Gasteiger partial charge on any atom is -0.478 e. The number of aromatic carboxylic acids is 1. The normalized spacial score (nSPS) is 15.2. The van der Waals surface area contributed by atoms with Gasteiger partial charge in [0.2, 0.25) is 5.91 Å². The Morgan fingerprint density at radius 2 is 1.79 bits per heavy atom. The van der Waals surface area contributed by atoms with Crippen molar-refractivity contribution >= 4 is 44.1 Å². The predicted molar refractivity (Wildman–Crippen MR) is 99.6 cm³/mol. The van der Waals surface area contributed by atoms with Crippen LogP contribution in [0, 0.1) is 5.92 Å². The third-order valence-electron chi connectivity index (χ3n) is 4.37. The fraction of sp³-hybridized carbons (Fsp3) is 0.333. The van der Waals surface area contributed by atoms with Crippen LogP contribution in [0.5, 0.6) is 0 Å². The third-order valence-corrected chi connectivity index (χ3v) is 5.80. The van der Waals surface area contributed by atoms with Crippen molar-refractivity contribution in [2.75, 3.05) is 5.32 Å². The molecule has 0 bridgehead atoms. The lowest BCUT2D eigenvalue weighted by Gasteiger charge is -2.20. The van der Waals surface area contributed by atoms with Crippen molar-refractivity contribution in [3.05, 3.63) is 39.7 Å². The number of carbonyl (C=O) groups excluding carboxylic acids is 1. The second-order valence-corrected chi connectivity index (χ2v) is 7.79. The molecule has 0 saturated heterocycles. The quantitative estimate of drug-likeness (QED) is 0.713. The highest BCUT2D eigenvalue weighted by molar-refractivity contribution is 9.10. The van der Waals surface area contributed by atoms with E-state index >= 15 is 0 Å². The van der Waals surface area contributed by atoms with Gasteiger partial charge in [-0.05, 0) is 30.5 Å². The van der Waals surface area contributed by atoms with Crippen molar-refractivity contribution < 1.29 is 14.7 Å². The standard InChI is InChI=1S/C18H18BrNO3S/c19-13-8-6-11(7-9-13)14-10-24-17(15(14)18(22)23)20-16(21)12-4-2-1-3-5-12/h6-10,12H,1-5H2,(H,20,21)(H,22,23). The maximum Gasteiger partial charge on any atom is 0.339 e. The second kappa shape index (κ2) is 7.49. The average molecular weight is 408 g/mol. The lowest BCUT2D eigenvalue weighted by atomic mass is 9.88. The highest BCUT2D eigenvalue weighted by atomic mass is 79.9. The molecule has 126 valence electrons. The molecule has 0 unspecified atom stereocenters. The zero-order chi connectivity index (χ0) is 17.1. The van der Waals surface area contributed by atoms with E-state index in [4.69, 9.17) is 0 Å². The Hall–Kier alpha value is -1.66. The number of hydrogen-bond donors (Lipinski definition) is 2. The van der Waals surface area contributed by atoms with E-state index in [0.717, 1.165) is 35.7 Å². The van der Waals surface area contributed by atoms with Gasteiger partial charge in [-0.15, -0.1) is 11.3 Å². The predicted octanol–water partition coefficient (Wildman–Crippen LogP) is 5.39. The van der Waals surface area contributed by atoms with E-state index in [-0.39, 0.29) is 17.4 Å². The monoisotopic (exact) mass is 407 g/mol. The van der Waals surface area contributed by atoms with Crippen molar-refractivity contribution in [2.24, 2.45) is 5.92 Å². The minimum absolute atomic E-state index is 0.00127. The molecule has 1 aliphatic rings. The molecule has 2 N–H and O–H groups in total. The van der Waals surface area contributed by atoms with E-state index in [2.05, 4.69) is 21.2 Å². The summed E-state index contributed by atoms with van der Waals surface area (Å²) in [6.07, 6.45) is 5.09. The number of nitrogens with one attached hydrogen (secondary N) is 1. The lowest BCUT2D eigenvalue weighted by Crippen LogP contribution is -2.25. The van der Waals surface area contributed by atoms with Gasteiger partial charge in [-0.25, -0.2) is 4.79 Å². The van der Waals surface area contributed by atoms with Gasteiger partial charge in [-0.3, -0.25) is 4.79 Å². The molecule has 1 saturated carbocycles. The van der Waals surface area contributed by atoms with E-state index < -0.39 is 5.97 Å². The summed E-state index contributed by atoms with van der Waals surface area (Å²) in [6, 6.07) is 7.48. The van der Waals surface area contributed by atoms with Gasteiger partial charge in [0, 0.05) is 21.3 Å². The SMILES string of the molecule is O=C(O)c1c(-c2ccc(Br)cc2)csc1NC(=O)C1CCCCC1. The number of carboxylic acids is 1. The van der Waals surface area contributed by atoms with Crippen LogP contribution in [0.3, 0.4) is 0 Å². The number of carbonyl (C=O) groups is 2. The Bertz CT molecular complexity index is 748. The van der Waals surface area contributed by atoms with Crippen molar-refractivity contribution in [3.8, 4) is 11.1 Å². The summed E-state index contributed by atoms with van der Waals surface area (Å²) in [4.78, 5) is 24.2. The first-order valence-electron chi connectivity index (χ1n) is 7.98. The first-order chi connectivity index (χ1) is 11.6. The minimum atomic E-state index is -1.02. The molecular formula is C18H18BrNO3S. The van der Waals surface area contributed by atoms with Crippen molar-refractivity contribution in [1.29, 1.82) is 0 Å². The Morgan fingerprint density at radius 1 is 1.12 bits per heavy atom. The molecule has 4 nitrogen and oxygen atoms in total. The molecule has 2 aromatic rings. The van der Waals surface area contributed by atoms with Crippen LogP contribution in [0.15, 0.2) is 34.1 Å². The third kappa shape index (κ3) is 3.70. The molecule has 6 heteroatoms. The molecule has 1 fully saturated rings. The van der Waals surface area contributed by atoms with Crippen molar-refractivity contribution in [2.45, 2.75) is 32.1 Å². The maximum absolute atomic E-state index is 12.4. The molecule has 1 aromatic heterocycles. The number of carboxylic acid groups (broad SMARTS) is 1. The Morgan fingerprint density at radius 3 is 2.42 bits per heavy atom. The van der Waals surface area contributed by atoms with Crippen LogP contribution in [0.1, 0.15) is 42.5 Å². The molecule has 0 radical (unpaired) electrons. The topological polar surface area (TPSA) is 66.4 Å². The molecule has 3 rings (SSSR count). The van der Waals surface area contributed by atoms with Gasteiger partial charge in [0.25, 0.3) is 0 Å². The molecule has 1 amide bonds. The molecule has 1 aliphatic carbocycles. The number of thiophene rings is 1. The van der Waals surface area contributed by atoms with Gasteiger partial charge in [-0.1, -0.05) is 47.3 Å². The van der Waals surface area contributed by atoms with Crippen molar-refractivity contribution in [1.82, 2.24) is 0 Å². The van der Waals surface area contributed by atoms with Gasteiger partial charge >= 0.3 is 5.97 Å². The first-order valence-corrected chi connectivity index (χ1v) is 9.65. The van der Waals surface area contributed by atoms with E-state index in [1.54, 1.807) is 5.38 Å². The number of anilines is 1. The number of rotatable bonds is 4. The number of hydrogen-bond acceptors (Lipinski definition) is 3. The summed E-state index contributed by atoms with van der Waals surface area (Å²) >= 11 is 4.65. The van der Waals surface area contributed by atoms with E-state index in [1.165, 1.54) is 17.8 Å². The van der Waals surface area contributed by atoms with Crippen molar-refractivity contribution in [3.63, 3.8) is 0 Å². The summed E-state index contributed by atoms with van der Waals surface area (Å²) in [5, 5.41) is 14.7. The highest BCUT2D eigenvalue weighted by Gasteiger charge is 2.25. The summed E-state index contributed by atoms with van der Waals surface area (Å²) in [5.41, 5.74) is 1.63. The van der Waals surface area contributed by atoms with Crippen LogP contribution >= 0.6 is 27.3 Å². The molecule has 1 heterocycles. The lowest BCUT2D eigenvalue weighted by molar-refractivity contribution is -0.120. The molecule has 0 aliphatic heterocycles.